The lowest BCUT2D eigenvalue weighted by molar-refractivity contribution is -0.133. The van der Waals surface area contributed by atoms with Crippen molar-refractivity contribution in [2.45, 2.75) is 11.9 Å². The minimum atomic E-state index is -0.910. The van der Waals surface area contributed by atoms with Crippen LogP contribution >= 0.6 is 11.8 Å². The molecule has 2 aromatic carbocycles. The number of carbonyl (C=O) groups is 1. The Labute approximate surface area is 137 Å². The first-order valence-electron chi connectivity index (χ1n) is 6.98. The molecule has 6 heteroatoms. The summed E-state index contributed by atoms with van der Waals surface area (Å²) in [6.07, 6.45) is 0. The summed E-state index contributed by atoms with van der Waals surface area (Å²) in [6.45, 7) is 1.94. The number of hydrogen-bond donors (Lipinski definition) is 1. The number of nitrogens with zero attached hydrogens (tertiary/aromatic N) is 2. The van der Waals surface area contributed by atoms with Crippen LogP contribution in [0.2, 0.25) is 0 Å². The number of fused-ring (bicyclic) bond motifs is 1. The third-order valence-corrected chi connectivity index (χ3v) is 4.07. The Morgan fingerprint density at radius 1 is 1.09 bits per heavy atom. The Kier molecular flexibility index (Phi) is 4.43. The Morgan fingerprint density at radius 2 is 1.74 bits per heavy atom. The number of aryl methyl sites for hydroxylation is 1. The quantitative estimate of drug-likeness (QED) is 0.717. The van der Waals surface area contributed by atoms with Crippen LogP contribution in [0.1, 0.15) is 5.56 Å². The normalized spacial score (nSPS) is 10.7. The number of aromatic nitrogens is 2. The first-order chi connectivity index (χ1) is 11.1. The summed E-state index contributed by atoms with van der Waals surface area (Å²) in [7, 11) is 0. The molecule has 1 aromatic heterocycles. The van der Waals surface area contributed by atoms with Gasteiger partial charge in [0.2, 0.25) is 0 Å². The van der Waals surface area contributed by atoms with Gasteiger partial charge in [0.25, 0.3) is 5.88 Å². The van der Waals surface area contributed by atoms with Gasteiger partial charge >= 0.3 is 5.97 Å². The molecule has 0 radical (unpaired) electrons. The molecule has 0 amide bonds. The average molecular weight is 326 g/mol. The molecule has 116 valence electrons. The van der Waals surface area contributed by atoms with Gasteiger partial charge in [-0.25, -0.2) is 9.97 Å². The molecule has 1 N–H and O–H groups in total. The molecule has 0 aliphatic carbocycles. The predicted molar refractivity (Wildman–Crippen MR) is 89.2 cm³/mol. The maximum Gasteiger partial charge on any atom is 0.313 e. The first-order valence-corrected chi connectivity index (χ1v) is 7.97. The fraction of sp³-hybridized carbons (Fsp3) is 0.118. The Bertz CT molecular complexity index is 867. The highest BCUT2D eigenvalue weighted by atomic mass is 32.2. The van der Waals surface area contributed by atoms with Gasteiger partial charge in [0.05, 0.1) is 16.8 Å². The summed E-state index contributed by atoms with van der Waals surface area (Å²) in [5.74, 6) is -0.0118. The molecule has 3 aromatic rings. The molecule has 23 heavy (non-hydrogen) atoms. The van der Waals surface area contributed by atoms with Crippen molar-refractivity contribution in [2.75, 3.05) is 5.75 Å². The zero-order valence-electron chi connectivity index (χ0n) is 12.4. The van der Waals surface area contributed by atoms with E-state index in [2.05, 4.69) is 9.97 Å². The van der Waals surface area contributed by atoms with Crippen molar-refractivity contribution < 1.29 is 14.6 Å². The number of para-hydroxylation sites is 3. The summed E-state index contributed by atoms with van der Waals surface area (Å²) in [4.78, 5) is 19.8. The van der Waals surface area contributed by atoms with Crippen molar-refractivity contribution in [3.8, 4) is 11.6 Å². The topological polar surface area (TPSA) is 72.3 Å². The van der Waals surface area contributed by atoms with Crippen LogP contribution in [0.3, 0.4) is 0 Å². The second-order valence-corrected chi connectivity index (χ2v) is 5.84. The molecule has 0 saturated carbocycles. The molecule has 0 bridgehead atoms. The zero-order chi connectivity index (χ0) is 16.2. The van der Waals surface area contributed by atoms with E-state index in [0.29, 0.717) is 27.7 Å². The molecule has 0 aliphatic rings. The number of thioether (sulfide) groups is 1. The molecule has 0 atom stereocenters. The number of aliphatic carboxylic acids is 1. The fourth-order valence-electron chi connectivity index (χ4n) is 2.03. The van der Waals surface area contributed by atoms with E-state index in [9.17, 15) is 4.79 Å². The van der Waals surface area contributed by atoms with Gasteiger partial charge in [0.1, 0.15) is 5.75 Å². The molecule has 0 fully saturated rings. The van der Waals surface area contributed by atoms with E-state index in [4.69, 9.17) is 9.84 Å². The maximum absolute atomic E-state index is 10.9. The standard InChI is InChI=1S/C17H14N2O3S/c1-11-6-2-5-9-14(11)22-16-17(23-10-15(20)21)19-13-8-4-3-7-12(13)18-16/h2-9H,10H2,1H3,(H,20,21). The summed E-state index contributed by atoms with van der Waals surface area (Å²) in [5, 5.41) is 9.37. The van der Waals surface area contributed by atoms with Gasteiger partial charge in [-0.05, 0) is 30.7 Å². The summed E-state index contributed by atoms with van der Waals surface area (Å²) >= 11 is 1.10. The average Bonchev–Trinajstić information content (AvgIpc) is 2.55. The van der Waals surface area contributed by atoms with E-state index in [1.54, 1.807) is 0 Å². The predicted octanol–water partition coefficient (Wildman–Crippen LogP) is 3.91. The highest BCUT2D eigenvalue weighted by Crippen LogP contribution is 2.32. The third kappa shape index (κ3) is 3.60. The fourth-order valence-corrected chi connectivity index (χ4v) is 2.67. The lowest BCUT2D eigenvalue weighted by Gasteiger charge is -2.11. The van der Waals surface area contributed by atoms with Gasteiger partial charge in [0, 0.05) is 0 Å². The molecule has 5 nitrogen and oxygen atoms in total. The number of carboxylic acid groups (broad SMARTS) is 1. The van der Waals surface area contributed by atoms with Gasteiger partial charge in [0.15, 0.2) is 5.03 Å². The summed E-state index contributed by atoms with van der Waals surface area (Å²) in [6, 6.07) is 15.0. The highest BCUT2D eigenvalue weighted by molar-refractivity contribution is 8.00. The van der Waals surface area contributed by atoms with Crippen LogP contribution in [-0.2, 0) is 4.79 Å². The maximum atomic E-state index is 10.9. The largest absolute Gasteiger partial charge is 0.481 e. The van der Waals surface area contributed by atoms with E-state index in [1.807, 2.05) is 55.5 Å². The highest BCUT2D eigenvalue weighted by Gasteiger charge is 2.14. The monoisotopic (exact) mass is 326 g/mol. The zero-order valence-corrected chi connectivity index (χ0v) is 13.2. The molecule has 0 saturated heterocycles. The second-order valence-electron chi connectivity index (χ2n) is 4.87. The van der Waals surface area contributed by atoms with Crippen molar-refractivity contribution >= 4 is 28.8 Å². The van der Waals surface area contributed by atoms with Gasteiger partial charge in [-0.15, -0.1) is 0 Å². The lowest BCUT2D eigenvalue weighted by Crippen LogP contribution is -2.01. The Balaban J connectivity index is 2.03. The van der Waals surface area contributed by atoms with E-state index in [-0.39, 0.29) is 5.75 Å². The molecule has 0 spiro atoms. The van der Waals surface area contributed by atoms with Crippen molar-refractivity contribution in [2.24, 2.45) is 0 Å². The van der Waals surface area contributed by atoms with Gasteiger partial charge in [-0.1, -0.05) is 42.1 Å². The SMILES string of the molecule is Cc1ccccc1Oc1nc2ccccc2nc1SCC(=O)O. The number of rotatable bonds is 5. The minimum Gasteiger partial charge on any atom is -0.481 e. The van der Waals surface area contributed by atoms with E-state index in [0.717, 1.165) is 17.3 Å². The molecular formula is C17H14N2O3S. The minimum absolute atomic E-state index is 0.100. The van der Waals surface area contributed by atoms with Crippen molar-refractivity contribution in [1.29, 1.82) is 0 Å². The number of ether oxygens (including phenoxy) is 1. The third-order valence-electron chi connectivity index (χ3n) is 3.14. The Morgan fingerprint density at radius 3 is 2.43 bits per heavy atom. The van der Waals surface area contributed by atoms with Crippen molar-refractivity contribution in [3.63, 3.8) is 0 Å². The van der Waals surface area contributed by atoms with Crippen LogP contribution in [0.15, 0.2) is 53.6 Å². The van der Waals surface area contributed by atoms with Gasteiger partial charge in [-0.3, -0.25) is 4.79 Å². The summed E-state index contributed by atoms with van der Waals surface area (Å²) < 4.78 is 5.89. The molecule has 3 rings (SSSR count). The number of carboxylic acids is 1. The van der Waals surface area contributed by atoms with Gasteiger partial charge in [-0.2, -0.15) is 0 Å². The van der Waals surface area contributed by atoms with Crippen LogP contribution in [0, 0.1) is 6.92 Å². The molecule has 1 heterocycles. The second kappa shape index (κ2) is 6.66. The number of benzene rings is 2. The van der Waals surface area contributed by atoms with Crippen LogP contribution in [-0.4, -0.2) is 26.8 Å². The van der Waals surface area contributed by atoms with E-state index < -0.39 is 5.97 Å². The molecule has 0 aliphatic heterocycles. The van der Waals surface area contributed by atoms with Crippen LogP contribution < -0.4 is 4.74 Å². The lowest BCUT2D eigenvalue weighted by atomic mass is 10.2. The van der Waals surface area contributed by atoms with Crippen LogP contribution in [0.5, 0.6) is 11.6 Å². The van der Waals surface area contributed by atoms with Crippen molar-refractivity contribution in [1.82, 2.24) is 9.97 Å². The number of hydrogen-bond acceptors (Lipinski definition) is 5. The van der Waals surface area contributed by atoms with Crippen molar-refractivity contribution in [3.05, 3.63) is 54.1 Å². The van der Waals surface area contributed by atoms with Gasteiger partial charge < -0.3 is 9.84 Å². The smallest absolute Gasteiger partial charge is 0.313 e. The first kappa shape index (κ1) is 15.3. The Hall–Kier alpha value is -2.60. The van der Waals surface area contributed by atoms with Crippen LogP contribution in [0.25, 0.3) is 11.0 Å². The van der Waals surface area contributed by atoms with Crippen LogP contribution in [0.4, 0.5) is 0 Å². The summed E-state index contributed by atoms with van der Waals surface area (Å²) in [5.41, 5.74) is 2.38. The molecular weight excluding hydrogens is 312 g/mol. The van der Waals surface area contributed by atoms with E-state index >= 15 is 0 Å². The molecule has 0 unspecified atom stereocenters. The van der Waals surface area contributed by atoms with E-state index in [1.165, 1.54) is 0 Å².